The molecule has 0 aliphatic rings. The van der Waals surface area contributed by atoms with Crippen molar-refractivity contribution in [2.24, 2.45) is 0 Å². The molecule has 0 spiro atoms. The smallest absolute Gasteiger partial charge is 0.260 e. The molecule has 0 saturated heterocycles. The van der Waals surface area contributed by atoms with E-state index in [1.165, 1.54) is 12.1 Å². The van der Waals surface area contributed by atoms with Crippen molar-refractivity contribution >= 4 is 11.6 Å². The molecule has 0 aliphatic heterocycles. The molecule has 2 aromatic carbocycles. The average molecular weight is 311 g/mol. The molecule has 0 fully saturated rings. The molecule has 0 atom stereocenters. The number of anilines is 1. The first-order valence-corrected chi connectivity index (χ1v) is 7.16. The van der Waals surface area contributed by atoms with Crippen LogP contribution in [0.25, 0.3) is 22.8 Å². The van der Waals surface area contributed by atoms with Gasteiger partial charge in [-0.1, -0.05) is 24.2 Å². The van der Waals surface area contributed by atoms with Crippen LogP contribution in [0.1, 0.15) is 13.3 Å². The largest absolute Gasteiger partial charge is 0.334 e. The quantitative estimate of drug-likeness (QED) is 0.793. The van der Waals surface area contributed by atoms with Gasteiger partial charge in [0.25, 0.3) is 5.89 Å². The van der Waals surface area contributed by atoms with Crippen LogP contribution < -0.4 is 5.32 Å². The van der Waals surface area contributed by atoms with Gasteiger partial charge in [-0.05, 0) is 36.4 Å². The van der Waals surface area contributed by atoms with Crippen molar-refractivity contribution in [1.29, 1.82) is 0 Å². The predicted octanol–water partition coefficient (Wildman–Crippen LogP) is 3.89. The zero-order valence-electron chi connectivity index (χ0n) is 12.4. The van der Waals surface area contributed by atoms with Crippen molar-refractivity contribution in [1.82, 2.24) is 10.1 Å². The second-order valence-corrected chi connectivity index (χ2v) is 4.88. The Morgan fingerprint density at radius 3 is 2.65 bits per heavy atom. The Balaban J connectivity index is 1.94. The Morgan fingerprint density at radius 2 is 1.91 bits per heavy atom. The van der Waals surface area contributed by atoms with Gasteiger partial charge in [0.2, 0.25) is 11.7 Å². The van der Waals surface area contributed by atoms with Crippen molar-refractivity contribution in [2.45, 2.75) is 13.3 Å². The summed E-state index contributed by atoms with van der Waals surface area (Å²) in [7, 11) is 0. The van der Waals surface area contributed by atoms with Gasteiger partial charge < -0.3 is 9.84 Å². The number of para-hydroxylation sites is 1. The Morgan fingerprint density at radius 1 is 1.17 bits per heavy atom. The molecular weight excluding hydrogens is 297 g/mol. The second kappa shape index (κ2) is 6.39. The Labute approximate surface area is 132 Å². The van der Waals surface area contributed by atoms with E-state index < -0.39 is 0 Å². The molecule has 0 unspecified atom stereocenters. The van der Waals surface area contributed by atoms with E-state index in [1.807, 2.05) is 12.1 Å². The van der Waals surface area contributed by atoms with Crippen molar-refractivity contribution in [3.05, 3.63) is 54.3 Å². The summed E-state index contributed by atoms with van der Waals surface area (Å²) < 4.78 is 18.3. The van der Waals surface area contributed by atoms with E-state index in [0.717, 1.165) is 0 Å². The summed E-state index contributed by atoms with van der Waals surface area (Å²) >= 11 is 0. The molecule has 1 heterocycles. The van der Waals surface area contributed by atoms with Gasteiger partial charge in [-0.15, -0.1) is 0 Å². The maximum absolute atomic E-state index is 13.0. The molecule has 0 bridgehead atoms. The first kappa shape index (κ1) is 14.9. The second-order valence-electron chi connectivity index (χ2n) is 4.88. The minimum absolute atomic E-state index is 0.101. The normalized spacial score (nSPS) is 10.5. The first-order valence-electron chi connectivity index (χ1n) is 7.16. The minimum atomic E-state index is -0.329. The zero-order chi connectivity index (χ0) is 16.2. The van der Waals surface area contributed by atoms with Crippen molar-refractivity contribution in [3.8, 4) is 22.8 Å². The van der Waals surface area contributed by atoms with E-state index in [-0.39, 0.29) is 17.6 Å². The van der Waals surface area contributed by atoms with Gasteiger partial charge in [-0.25, -0.2) is 4.39 Å². The summed E-state index contributed by atoms with van der Waals surface area (Å²) in [6, 6.07) is 13.0. The van der Waals surface area contributed by atoms with Gasteiger partial charge in [-0.2, -0.15) is 4.98 Å². The van der Waals surface area contributed by atoms with E-state index in [0.29, 0.717) is 29.1 Å². The molecule has 116 valence electrons. The van der Waals surface area contributed by atoms with Gasteiger partial charge in [-0.3, -0.25) is 4.79 Å². The standard InChI is InChI=1S/C17H14FN3O2/c1-2-15(22)19-14-6-4-3-5-13(14)17-20-16(21-23-17)11-7-9-12(18)10-8-11/h3-10H,2H2,1H3,(H,19,22). The third kappa shape index (κ3) is 3.26. The predicted molar refractivity (Wildman–Crippen MR) is 84.0 cm³/mol. The fraction of sp³-hybridized carbons (Fsp3) is 0.118. The van der Waals surface area contributed by atoms with Crippen LogP contribution >= 0.6 is 0 Å². The molecule has 5 nitrogen and oxygen atoms in total. The third-order valence-electron chi connectivity index (χ3n) is 3.28. The highest BCUT2D eigenvalue weighted by Crippen LogP contribution is 2.28. The van der Waals surface area contributed by atoms with Crippen molar-refractivity contribution in [2.75, 3.05) is 5.32 Å². The summed E-state index contributed by atoms with van der Waals surface area (Å²) in [6.45, 7) is 1.78. The highest BCUT2D eigenvalue weighted by atomic mass is 19.1. The fourth-order valence-corrected chi connectivity index (χ4v) is 2.07. The van der Waals surface area contributed by atoms with Crippen LogP contribution in [0.4, 0.5) is 10.1 Å². The number of hydrogen-bond donors (Lipinski definition) is 1. The van der Waals surface area contributed by atoms with Gasteiger partial charge in [0.15, 0.2) is 0 Å². The molecule has 0 saturated carbocycles. The molecule has 0 radical (unpaired) electrons. The number of amides is 1. The lowest BCUT2D eigenvalue weighted by molar-refractivity contribution is -0.115. The number of halogens is 1. The molecule has 1 N–H and O–H groups in total. The minimum Gasteiger partial charge on any atom is -0.334 e. The number of hydrogen-bond acceptors (Lipinski definition) is 4. The maximum atomic E-state index is 13.0. The van der Waals surface area contributed by atoms with E-state index in [2.05, 4.69) is 15.5 Å². The van der Waals surface area contributed by atoms with E-state index >= 15 is 0 Å². The number of nitrogens with zero attached hydrogens (tertiary/aromatic N) is 2. The SMILES string of the molecule is CCC(=O)Nc1ccccc1-c1nc(-c2ccc(F)cc2)no1. The summed E-state index contributed by atoms with van der Waals surface area (Å²) in [5, 5.41) is 6.71. The summed E-state index contributed by atoms with van der Waals surface area (Å²) in [6.07, 6.45) is 0.374. The van der Waals surface area contributed by atoms with Gasteiger partial charge in [0, 0.05) is 12.0 Å². The van der Waals surface area contributed by atoms with Crippen LogP contribution in [-0.2, 0) is 4.79 Å². The number of carbonyl (C=O) groups is 1. The Kier molecular flexibility index (Phi) is 4.14. The molecule has 1 aromatic heterocycles. The maximum Gasteiger partial charge on any atom is 0.260 e. The number of aromatic nitrogens is 2. The molecule has 1 amide bonds. The fourth-order valence-electron chi connectivity index (χ4n) is 2.07. The number of nitrogens with one attached hydrogen (secondary N) is 1. The van der Waals surface area contributed by atoms with Crippen LogP contribution in [0, 0.1) is 5.82 Å². The van der Waals surface area contributed by atoms with Crippen molar-refractivity contribution < 1.29 is 13.7 Å². The molecule has 0 aliphatic carbocycles. The lowest BCUT2D eigenvalue weighted by Crippen LogP contribution is -2.10. The summed E-state index contributed by atoms with van der Waals surface area (Å²) in [5.41, 5.74) is 1.89. The van der Waals surface area contributed by atoms with Crippen LogP contribution in [0.5, 0.6) is 0 Å². The van der Waals surface area contributed by atoms with E-state index in [1.54, 1.807) is 31.2 Å². The zero-order valence-corrected chi connectivity index (χ0v) is 12.4. The summed E-state index contributed by atoms with van der Waals surface area (Å²) in [4.78, 5) is 15.9. The molecular formula is C17H14FN3O2. The Bertz CT molecular complexity index is 828. The van der Waals surface area contributed by atoms with Crippen LogP contribution in [-0.4, -0.2) is 16.0 Å². The van der Waals surface area contributed by atoms with Crippen LogP contribution in [0.2, 0.25) is 0 Å². The Hall–Kier alpha value is -3.02. The van der Waals surface area contributed by atoms with Gasteiger partial charge in [0.05, 0.1) is 11.3 Å². The topological polar surface area (TPSA) is 68.0 Å². The van der Waals surface area contributed by atoms with Crippen LogP contribution in [0.3, 0.4) is 0 Å². The first-order chi connectivity index (χ1) is 11.2. The number of carbonyl (C=O) groups excluding carboxylic acids is 1. The molecule has 3 aromatic rings. The monoisotopic (exact) mass is 311 g/mol. The lowest BCUT2D eigenvalue weighted by Gasteiger charge is -2.06. The molecule has 23 heavy (non-hydrogen) atoms. The number of benzene rings is 2. The van der Waals surface area contributed by atoms with Crippen molar-refractivity contribution in [3.63, 3.8) is 0 Å². The lowest BCUT2D eigenvalue weighted by atomic mass is 10.1. The van der Waals surface area contributed by atoms with Crippen LogP contribution in [0.15, 0.2) is 53.1 Å². The highest BCUT2D eigenvalue weighted by molar-refractivity contribution is 5.94. The molecule has 6 heteroatoms. The summed E-state index contributed by atoms with van der Waals surface area (Å²) in [5.74, 6) is 0.216. The highest BCUT2D eigenvalue weighted by Gasteiger charge is 2.14. The van der Waals surface area contributed by atoms with E-state index in [9.17, 15) is 9.18 Å². The van der Waals surface area contributed by atoms with Gasteiger partial charge in [0.1, 0.15) is 5.82 Å². The van der Waals surface area contributed by atoms with E-state index in [4.69, 9.17) is 4.52 Å². The third-order valence-corrected chi connectivity index (χ3v) is 3.28. The average Bonchev–Trinajstić information content (AvgIpc) is 3.05. The number of rotatable bonds is 4. The van der Waals surface area contributed by atoms with Gasteiger partial charge >= 0.3 is 0 Å². The molecule has 3 rings (SSSR count).